The number of aromatic nitrogens is 7. The Bertz CT molecular complexity index is 1220. The number of nitrogens with one attached hydrogen (secondary N) is 1. The average molecular weight is 365 g/mol. The summed E-state index contributed by atoms with van der Waals surface area (Å²) in [6.45, 7) is 5.45. The topological polar surface area (TPSA) is 103 Å². The SMILES string of the molecule is COc1ccc(-c2c(-c3nc(C)c4c(=O)[nH]c(C)nn34)c(C)nn2C)cn1. The molecule has 0 aliphatic rings. The summed E-state index contributed by atoms with van der Waals surface area (Å²) in [6.07, 6.45) is 1.73. The number of rotatable bonds is 3. The van der Waals surface area contributed by atoms with Crippen molar-refractivity contribution >= 4 is 5.52 Å². The summed E-state index contributed by atoms with van der Waals surface area (Å²) in [5.41, 5.74) is 4.13. The predicted octanol–water partition coefficient (Wildman–Crippen LogP) is 1.81. The van der Waals surface area contributed by atoms with E-state index < -0.39 is 0 Å². The lowest BCUT2D eigenvalue weighted by molar-refractivity contribution is 0.398. The van der Waals surface area contributed by atoms with Crippen LogP contribution in [0, 0.1) is 20.8 Å². The molecule has 0 unspecified atom stereocenters. The second kappa shape index (κ2) is 6.04. The second-order valence-corrected chi connectivity index (χ2v) is 6.34. The van der Waals surface area contributed by atoms with Gasteiger partial charge in [-0.15, -0.1) is 0 Å². The van der Waals surface area contributed by atoms with Gasteiger partial charge in [-0.05, 0) is 26.8 Å². The standard InChI is InChI=1S/C18H19N7O2/c1-9-14(16(24(4)22-9)12-6-7-13(27-5)19-8-12)17-20-10(2)15-18(26)21-11(3)23-25(15)17/h6-8H,1-5H3,(H,21,23,26). The van der Waals surface area contributed by atoms with E-state index in [-0.39, 0.29) is 5.56 Å². The smallest absolute Gasteiger partial charge is 0.277 e. The van der Waals surface area contributed by atoms with Crippen molar-refractivity contribution in [3.05, 3.63) is 45.9 Å². The Labute approximate surface area is 154 Å². The predicted molar refractivity (Wildman–Crippen MR) is 99.8 cm³/mol. The molecule has 4 heterocycles. The Kier molecular flexibility index (Phi) is 3.79. The van der Waals surface area contributed by atoms with Crippen LogP contribution in [0.1, 0.15) is 17.2 Å². The van der Waals surface area contributed by atoms with E-state index >= 15 is 0 Å². The Balaban J connectivity index is 2.04. The highest BCUT2D eigenvalue weighted by Crippen LogP contribution is 2.34. The maximum absolute atomic E-state index is 12.4. The minimum Gasteiger partial charge on any atom is -0.481 e. The van der Waals surface area contributed by atoms with Crippen LogP contribution in [-0.4, -0.2) is 41.5 Å². The van der Waals surface area contributed by atoms with Gasteiger partial charge in [-0.25, -0.2) is 14.5 Å². The van der Waals surface area contributed by atoms with Gasteiger partial charge in [0.05, 0.1) is 29.8 Å². The summed E-state index contributed by atoms with van der Waals surface area (Å²) in [5.74, 6) is 1.62. The van der Waals surface area contributed by atoms with Gasteiger partial charge in [0.25, 0.3) is 5.56 Å². The van der Waals surface area contributed by atoms with Gasteiger partial charge in [0.1, 0.15) is 5.82 Å². The molecule has 9 heteroatoms. The third-order valence-electron chi connectivity index (χ3n) is 4.45. The number of aryl methyl sites for hydroxylation is 4. The Morgan fingerprint density at radius 3 is 2.56 bits per heavy atom. The van der Waals surface area contributed by atoms with Crippen LogP contribution in [0.15, 0.2) is 23.1 Å². The Morgan fingerprint density at radius 1 is 1.11 bits per heavy atom. The molecule has 0 aliphatic heterocycles. The number of aromatic amines is 1. The van der Waals surface area contributed by atoms with Crippen LogP contribution in [0.3, 0.4) is 0 Å². The van der Waals surface area contributed by atoms with E-state index in [4.69, 9.17) is 4.74 Å². The van der Waals surface area contributed by atoms with E-state index in [1.165, 1.54) is 0 Å². The number of imidazole rings is 1. The monoisotopic (exact) mass is 365 g/mol. The van der Waals surface area contributed by atoms with Crippen LogP contribution in [0.25, 0.3) is 28.2 Å². The quantitative estimate of drug-likeness (QED) is 0.594. The second-order valence-electron chi connectivity index (χ2n) is 6.34. The molecule has 0 aliphatic carbocycles. The van der Waals surface area contributed by atoms with Gasteiger partial charge in [0.2, 0.25) is 5.88 Å². The minimum absolute atomic E-state index is 0.215. The largest absolute Gasteiger partial charge is 0.481 e. The first-order valence-corrected chi connectivity index (χ1v) is 8.41. The summed E-state index contributed by atoms with van der Waals surface area (Å²) >= 11 is 0. The average Bonchev–Trinajstić information content (AvgIpc) is 3.10. The highest BCUT2D eigenvalue weighted by Gasteiger charge is 2.24. The highest BCUT2D eigenvalue weighted by atomic mass is 16.5. The molecule has 0 aromatic carbocycles. The van der Waals surface area contributed by atoms with Crippen LogP contribution in [0.2, 0.25) is 0 Å². The molecule has 0 fully saturated rings. The fraction of sp³-hybridized carbons (Fsp3) is 0.278. The molecule has 0 amide bonds. The molecule has 1 N–H and O–H groups in total. The number of ether oxygens (including phenoxy) is 1. The molecule has 0 bridgehead atoms. The normalized spacial score (nSPS) is 11.3. The van der Waals surface area contributed by atoms with Crippen molar-refractivity contribution in [3.8, 4) is 28.5 Å². The van der Waals surface area contributed by atoms with E-state index in [1.807, 2.05) is 20.0 Å². The van der Waals surface area contributed by atoms with Crippen molar-refractivity contribution < 1.29 is 4.74 Å². The number of nitrogens with zero attached hydrogens (tertiary/aromatic N) is 6. The molecule has 0 saturated heterocycles. The third kappa shape index (κ3) is 2.59. The summed E-state index contributed by atoms with van der Waals surface area (Å²) in [6, 6.07) is 3.71. The van der Waals surface area contributed by atoms with Gasteiger partial charge in [0, 0.05) is 24.9 Å². The fourth-order valence-corrected chi connectivity index (χ4v) is 3.33. The van der Waals surface area contributed by atoms with Gasteiger partial charge in [-0.2, -0.15) is 10.2 Å². The number of hydrogen-bond donors (Lipinski definition) is 1. The maximum Gasteiger partial charge on any atom is 0.277 e. The summed E-state index contributed by atoms with van der Waals surface area (Å²) in [7, 11) is 3.44. The van der Waals surface area contributed by atoms with E-state index in [1.54, 1.807) is 42.4 Å². The third-order valence-corrected chi connectivity index (χ3v) is 4.45. The van der Waals surface area contributed by atoms with Gasteiger partial charge in [-0.1, -0.05) is 0 Å². The number of fused-ring (bicyclic) bond motifs is 1. The van der Waals surface area contributed by atoms with Crippen molar-refractivity contribution in [1.82, 2.24) is 34.3 Å². The Hall–Kier alpha value is -3.49. The number of methoxy groups -OCH3 is 1. The molecule has 4 rings (SSSR count). The molecular weight excluding hydrogens is 346 g/mol. The fourth-order valence-electron chi connectivity index (χ4n) is 3.33. The zero-order valence-corrected chi connectivity index (χ0v) is 15.7. The van der Waals surface area contributed by atoms with E-state index in [2.05, 4.69) is 25.1 Å². The number of H-pyrrole nitrogens is 1. The van der Waals surface area contributed by atoms with Gasteiger partial charge in [0.15, 0.2) is 11.3 Å². The lowest BCUT2D eigenvalue weighted by Crippen LogP contribution is -2.15. The lowest BCUT2D eigenvalue weighted by atomic mass is 10.1. The van der Waals surface area contributed by atoms with Gasteiger partial charge < -0.3 is 9.72 Å². The molecule has 27 heavy (non-hydrogen) atoms. The zero-order valence-electron chi connectivity index (χ0n) is 15.7. The lowest BCUT2D eigenvalue weighted by Gasteiger charge is -2.07. The van der Waals surface area contributed by atoms with E-state index in [0.29, 0.717) is 28.7 Å². The van der Waals surface area contributed by atoms with Crippen molar-refractivity contribution in [1.29, 1.82) is 0 Å². The molecule has 0 spiro atoms. The first-order chi connectivity index (χ1) is 12.9. The van der Waals surface area contributed by atoms with Crippen LogP contribution in [-0.2, 0) is 7.05 Å². The first kappa shape index (κ1) is 17.0. The molecule has 138 valence electrons. The van der Waals surface area contributed by atoms with Gasteiger partial charge >= 0.3 is 0 Å². The van der Waals surface area contributed by atoms with E-state index in [9.17, 15) is 4.79 Å². The summed E-state index contributed by atoms with van der Waals surface area (Å²) in [5, 5.41) is 9.03. The van der Waals surface area contributed by atoms with Crippen LogP contribution >= 0.6 is 0 Å². The maximum atomic E-state index is 12.4. The number of hydrogen-bond acceptors (Lipinski definition) is 6. The van der Waals surface area contributed by atoms with Crippen LogP contribution in [0.4, 0.5) is 0 Å². The van der Waals surface area contributed by atoms with Crippen molar-refractivity contribution in [2.75, 3.05) is 7.11 Å². The number of pyridine rings is 1. The van der Waals surface area contributed by atoms with E-state index in [0.717, 1.165) is 22.5 Å². The molecule has 4 aromatic rings. The minimum atomic E-state index is -0.215. The van der Waals surface area contributed by atoms with Crippen LogP contribution in [0.5, 0.6) is 5.88 Å². The molecular formula is C18H19N7O2. The molecule has 0 saturated carbocycles. The van der Waals surface area contributed by atoms with Crippen molar-refractivity contribution in [2.45, 2.75) is 20.8 Å². The zero-order chi connectivity index (χ0) is 19.3. The summed E-state index contributed by atoms with van der Waals surface area (Å²) in [4.78, 5) is 24.0. The highest BCUT2D eigenvalue weighted by molar-refractivity contribution is 5.81. The molecule has 9 nitrogen and oxygen atoms in total. The van der Waals surface area contributed by atoms with Crippen molar-refractivity contribution in [3.63, 3.8) is 0 Å². The Morgan fingerprint density at radius 2 is 1.89 bits per heavy atom. The van der Waals surface area contributed by atoms with Crippen LogP contribution < -0.4 is 10.3 Å². The summed E-state index contributed by atoms with van der Waals surface area (Å²) < 4.78 is 8.52. The first-order valence-electron chi connectivity index (χ1n) is 8.41. The van der Waals surface area contributed by atoms with Crippen molar-refractivity contribution in [2.24, 2.45) is 7.05 Å². The molecule has 4 aromatic heterocycles. The molecule has 0 atom stereocenters. The van der Waals surface area contributed by atoms with Gasteiger partial charge in [-0.3, -0.25) is 9.48 Å². The molecule has 0 radical (unpaired) electrons.